The summed E-state index contributed by atoms with van der Waals surface area (Å²) < 4.78 is 21.8. The molecule has 152 valence electrons. The standard InChI is InChI=1S/C19H18N2O8/c1-26-6-2-3-12-4-5-14-13(7-12)19(18(10-28-14)8-27-9-18)11-29-15(20-19)21(16(22)23)17(24)25/h4-5,7H,6,8-11H2,1H3,(H,22,23)(H,24,25). The summed E-state index contributed by atoms with van der Waals surface area (Å²) in [7, 11) is 1.55. The van der Waals surface area contributed by atoms with Gasteiger partial charge in [0.2, 0.25) is 0 Å². The van der Waals surface area contributed by atoms with E-state index < -0.39 is 29.2 Å². The van der Waals surface area contributed by atoms with Crippen molar-refractivity contribution in [3.8, 4) is 17.6 Å². The highest BCUT2D eigenvalue weighted by molar-refractivity contribution is 6.05. The molecule has 1 aromatic rings. The Hall–Kier alpha value is -3.29. The van der Waals surface area contributed by atoms with Crippen LogP contribution in [0.3, 0.4) is 0 Å². The Kier molecular flexibility index (Phi) is 4.56. The van der Waals surface area contributed by atoms with Crippen LogP contribution in [0.4, 0.5) is 9.59 Å². The number of rotatable bonds is 1. The first kappa shape index (κ1) is 19.0. The number of carbonyl (C=O) groups is 2. The molecule has 1 atom stereocenters. The van der Waals surface area contributed by atoms with Crippen molar-refractivity contribution in [1.82, 2.24) is 4.90 Å². The molecule has 29 heavy (non-hydrogen) atoms. The van der Waals surface area contributed by atoms with Gasteiger partial charge in [-0.3, -0.25) is 0 Å². The molecule has 4 rings (SSSR count). The SMILES string of the molecule is COCC#Cc1ccc2c(c1)C1(COC(N(C(=O)O)C(=O)O)=N1)C1(COC1)CO2. The number of hydrogen-bond donors (Lipinski definition) is 2. The van der Waals surface area contributed by atoms with Crippen LogP contribution in [0.2, 0.25) is 0 Å². The Bertz CT molecular complexity index is 945. The van der Waals surface area contributed by atoms with E-state index in [2.05, 4.69) is 16.8 Å². The third kappa shape index (κ3) is 2.86. The average Bonchev–Trinajstić information content (AvgIpc) is 3.06. The largest absolute Gasteiger partial charge is 0.492 e. The number of amides is 2. The maximum absolute atomic E-state index is 11.4. The minimum atomic E-state index is -1.70. The molecule has 1 unspecified atom stereocenters. The van der Waals surface area contributed by atoms with Gasteiger partial charge in [-0.1, -0.05) is 11.8 Å². The van der Waals surface area contributed by atoms with Crippen molar-refractivity contribution in [2.24, 2.45) is 10.4 Å². The molecule has 0 bridgehead atoms. The second-order valence-electron chi connectivity index (χ2n) is 6.95. The molecule has 0 saturated carbocycles. The fourth-order valence-electron chi connectivity index (χ4n) is 3.73. The fourth-order valence-corrected chi connectivity index (χ4v) is 3.73. The van der Waals surface area contributed by atoms with Crippen LogP contribution >= 0.6 is 0 Å². The van der Waals surface area contributed by atoms with Crippen LogP contribution in [-0.4, -0.2) is 73.5 Å². The summed E-state index contributed by atoms with van der Waals surface area (Å²) in [6.45, 7) is 1.18. The third-order valence-electron chi connectivity index (χ3n) is 5.28. The topological polar surface area (TPSA) is 127 Å². The quantitative estimate of drug-likeness (QED) is 0.674. The van der Waals surface area contributed by atoms with Crippen LogP contribution in [0.1, 0.15) is 11.1 Å². The molecule has 0 aliphatic carbocycles. The van der Waals surface area contributed by atoms with Crippen LogP contribution in [0.25, 0.3) is 0 Å². The molecule has 2 N–H and O–H groups in total. The predicted molar refractivity (Wildman–Crippen MR) is 96.9 cm³/mol. The Morgan fingerprint density at radius 1 is 1.21 bits per heavy atom. The van der Waals surface area contributed by atoms with Crippen molar-refractivity contribution >= 4 is 18.2 Å². The van der Waals surface area contributed by atoms with Gasteiger partial charge >= 0.3 is 18.2 Å². The number of carboxylic acid groups (broad SMARTS) is 2. The molecule has 0 radical (unpaired) electrons. The molecule has 1 aromatic carbocycles. The zero-order chi connectivity index (χ0) is 20.6. The van der Waals surface area contributed by atoms with Crippen LogP contribution in [0, 0.1) is 17.3 Å². The van der Waals surface area contributed by atoms with E-state index >= 15 is 0 Å². The molecule has 3 heterocycles. The number of ether oxygens (including phenoxy) is 4. The van der Waals surface area contributed by atoms with E-state index in [1.165, 1.54) is 0 Å². The summed E-state index contributed by atoms with van der Waals surface area (Å²) >= 11 is 0. The average molecular weight is 402 g/mol. The normalized spacial score (nSPS) is 23.0. The van der Waals surface area contributed by atoms with Crippen LogP contribution in [0.15, 0.2) is 23.2 Å². The molecular formula is C19H18N2O8. The van der Waals surface area contributed by atoms with Crippen LogP contribution in [0.5, 0.6) is 5.75 Å². The summed E-state index contributed by atoms with van der Waals surface area (Å²) in [5, 5.41) is 18.5. The smallest absolute Gasteiger partial charge is 0.425 e. The number of imide groups is 1. The Morgan fingerprint density at radius 3 is 2.59 bits per heavy atom. The molecule has 1 fully saturated rings. The van der Waals surface area contributed by atoms with Gasteiger partial charge in [0.25, 0.3) is 0 Å². The van der Waals surface area contributed by atoms with E-state index in [1.54, 1.807) is 25.3 Å². The van der Waals surface area contributed by atoms with E-state index in [0.717, 1.165) is 0 Å². The van der Waals surface area contributed by atoms with Gasteiger partial charge < -0.3 is 29.2 Å². The number of benzene rings is 1. The number of nitrogens with zero attached hydrogens (tertiary/aromatic N) is 2. The first-order valence-electron chi connectivity index (χ1n) is 8.74. The van der Waals surface area contributed by atoms with E-state index in [0.29, 0.717) is 30.1 Å². The molecule has 3 aliphatic heterocycles. The van der Waals surface area contributed by atoms with Crippen LogP contribution < -0.4 is 4.74 Å². The summed E-state index contributed by atoms with van der Waals surface area (Å²) in [6.07, 6.45) is -3.39. The van der Waals surface area contributed by atoms with Gasteiger partial charge in [-0.05, 0) is 18.2 Å². The predicted octanol–water partition coefficient (Wildman–Crippen LogP) is 1.33. The lowest BCUT2D eigenvalue weighted by Crippen LogP contribution is -2.63. The summed E-state index contributed by atoms with van der Waals surface area (Å²) in [5.74, 6) is 6.42. The lowest BCUT2D eigenvalue weighted by atomic mass is 9.64. The van der Waals surface area contributed by atoms with Crippen molar-refractivity contribution in [2.45, 2.75) is 5.54 Å². The van der Waals surface area contributed by atoms with Crippen molar-refractivity contribution in [3.05, 3.63) is 29.3 Å². The number of aliphatic imine (C=N–C) groups is 1. The van der Waals surface area contributed by atoms with E-state index in [4.69, 9.17) is 18.9 Å². The molecule has 1 saturated heterocycles. The van der Waals surface area contributed by atoms with Gasteiger partial charge in [-0.25, -0.2) is 14.6 Å². The highest BCUT2D eigenvalue weighted by atomic mass is 16.5. The van der Waals surface area contributed by atoms with Gasteiger partial charge in [0, 0.05) is 18.2 Å². The van der Waals surface area contributed by atoms with Gasteiger partial charge in [0.1, 0.15) is 31.1 Å². The Morgan fingerprint density at radius 2 is 1.97 bits per heavy atom. The Labute approximate surface area is 165 Å². The summed E-state index contributed by atoms with van der Waals surface area (Å²) in [6, 6.07) is 4.88. The van der Waals surface area contributed by atoms with Crippen LogP contribution in [-0.2, 0) is 19.7 Å². The lowest BCUT2D eigenvalue weighted by Gasteiger charge is -2.53. The summed E-state index contributed by atoms with van der Waals surface area (Å²) in [4.78, 5) is 27.4. The first-order chi connectivity index (χ1) is 13.9. The second-order valence-corrected chi connectivity index (χ2v) is 6.95. The summed E-state index contributed by atoms with van der Waals surface area (Å²) in [5.41, 5.74) is -0.292. The number of fused-ring (bicyclic) bond motifs is 3. The minimum Gasteiger partial charge on any atom is -0.492 e. The Balaban J connectivity index is 1.83. The lowest BCUT2D eigenvalue weighted by molar-refractivity contribution is -0.185. The van der Waals surface area contributed by atoms with Crippen molar-refractivity contribution in [1.29, 1.82) is 0 Å². The van der Waals surface area contributed by atoms with E-state index in [1.807, 2.05) is 0 Å². The van der Waals surface area contributed by atoms with E-state index in [9.17, 15) is 19.8 Å². The molecule has 0 aromatic heterocycles. The fraction of sp³-hybridized carbons (Fsp3) is 0.421. The van der Waals surface area contributed by atoms with Gasteiger partial charge in [0.15, 0.2) is 0 Å². The molecule has 10 heteroatoms. The molecule has 2 amide bonds. The van der Waals surface area contributed by atoms with Crippen molar-refractivity contribution < 1.29 is 38.7 Å². The van der Waals surface area contributed by atoms with E-state index in [-0.39, 0.29) is 24.7 Å². The maximum atomic E-state index is 11.4. The zero-order valence-electron chi connectivity index (χ0n) is 15.5. The molecule has 3 aliphatic rings. The number of amidine groups is 1. The van der Waals surface area contributed by atoms with Gasteiger partial charge in [-0.2, -0.15) is 0 Å². The van der Waals surface area contributed by atoms with Gasteiger partial charge in [-0.15, -0.1) is 4.90 Å². The number of methoxy groups -OCH3 is 1. The minimum absolute atomic E-state index is 0.0337. The maximum Gasteiger partial charge on any atom is 0.425 e. The second kappa shape index (κ2) is 6.95. The molecule has 10 nitrogen and oxygen atoms in total. The van der Waals surface area contributed by atoms with Crippen molar-refractivity contribution in [3.63, 3.8) is 0 Å². The van der Waals surface area contributed by atoms with Crippen molar-refractivity contribution in [2.75, 3.05) is 40.1 Å². The monoisotopic (exact) mass is 402 g/mol. The molecular weight excluding hydrogens is 384 g/mol. The highest BCUT2D eigenvalue weighted by Crippen LogP contribution is 2.56. The zero-order valence-corrected chi connectivity index (χ0v) is 15.5. The first-order valence-corrected chi connectivity index (χ1v) is 8.74. The third-order valence-corrected chi connectivity index (χ3v) is 5.28. The highest BCUT2D eigenvalue weighted by Gasteiger charge is 2.64. The van der Waals surface area contributed by atoms with Gasteiger partial charge in [0.05, 0.1) is 18.6 Å². The number of hydrogen-bond acceptors (Lipinski definition) is 7. The molecule has 2 spiro atoms.